The van der Waals surface area contributed by atoms with Gasteiger partial charge in [0.2, 0.25) is 0 Å². The molecule has 0 N–H and O–H groups in total. The minimum atomic E-state index is -0.161. The average Bonchev–Trinajstić information content (AvgIpc) is 3.11. The van der Waals surface area contributed by atoms with Crippen LogP contribution in [-0.2, 0) is 6.54 Å². The number of hydrogen-bond acceptors (Lipinski definition) is 3. The van der Waals surface area contributed by atoms with Crippen molar-refractivity contribution in [1.29, 1.82) is 0 Å². The van der Waals surface area contributed by atoms with E-state index in [0.717, 1.165) is 22.3 Å². The minimum Gasteiger partial charge on any atom is -0.265 e. The van der Waals surface area contributed by atoms with Gasteiger partial charge in [-0.15, -0.1) is 0 Å². The molecule has 136 valence electrons. The number of para-hydroxylation sites is 1. The lowest BCUT2D eigenvalue weighted by Gasteiger charge is -2.12. The van der Waals surface area contributed by atoms with E-state index in [1.165, 1.54) is 4.68 Å². The lowest BCUT2D eigenvalue weighted by molar-refractivity contribution is 0.612. The van der Waals surface area contributed by atoms with Crippen LogP contribution >= 0.6 is 11.6 Å². The summed E-state index contributed by atoms with van der Waals surface area (Å²) in [5, 5.41) is 10.6. The zero-order valence-corrected chi connectivity index (χ0v) is 15.9. The van der Waals surface area contributed by atoms with Gasteiger partial charge in [0.1, 0.15) is 5.52 Å². The Hall–Kier alpha value is -2.92. The predicted molar refractivity (Wildman–Crippen MR) is 108 cm³/mol. The molecule has 0 fully saturated rings. The molecule has 0 amide bonds. The molecule has 0 saturated heterocycles. The Kier molecular flexibility index (Phi) is 4.54. The van der Waals surface area contributed by atoms with Crippen LogP contribution in [0, 0.1) is 0 Å². The zero-order valence-electron chi connectivity index (χ0n) is 15.1. The first-order valence-electron chi connectivity index (χ1n) is 8.83. The van der Waals surface area contributed by atoms with Crippen molar-refractivity contribution in [3.8, 4) is 5.69 Å². The van der Waals surface area contributed by atoms with Crippen molar-refractivity contribution < 1.29 is 0 Å². The van der Waals surface area contributed by atoms with Crippen LogP contribution in [0.1, 0.15) is 31.0 Å². The Morgan fingerprint density at radius 1 is 1.04 bits per heavy atom. The normalized spacial score (nSPS) is 11.4. The molecule has 27 heavy (non-hydrogen) atoms. The predicted octanol–water partition coefficient (Wildman–Crippen LogP) is 4.41. The monoisotopic (exact) mass is 378 g/mol. The lowest BCUT2D eigenvalue weighted by atomic mass is 10.1. The highest BCUT2D eigenvalue weighted by Crippen LogP contribution is 2.23. The summed E-state index contributed by atoms with van der Waals surface area (Å²) in [4.78, 5) is 13.2. The van der Waals surface area contributed by atoms with Crippen molar-refractivity contribution in [3.63, 3.8) is 0 Å². The Labute approximate surface area is 161 Å². The number of halogens is 1. The van der Waals surface area contributed by atoms with Gasteiger partial charge in [-0.2, -0.15) is 10.2 Å². The van der Waals surface area contributed by atoms with E-state index in [0.29, 0.717) is 17.1 Å². The molecule has 0 saturated carbocycles. The first kappa shape index (κ1) is 17.5. The van der Waals surface area contributed by atoms with Gasteiger partial charge in [0, 0.05) is 10.4 Å². The van der Waals surface area contributed by atoms with E-state index >= 15 is 0 Å². The third kappa shape index (κ3) is 3.26. The zero-order chi connectivity index (χ0) is 19.0. The number of aromatic nitrogens is 4. The molecule has 4 rings (SSSR count). The summed E-state index contributed by atoms with van der Waals surface area (Å²) in [6, 6.07) is 17.1. The molecule has 2 aromatic heterocycles. The average molecular weight is 379 g/mol. The third-order valence-electron chi connectivity index (χ3n) is 4.50. The maximum Gasteiger partial charge on any atom is 0.293 e. The van der Waals surface area contributed by atoms with Crippen LogP contribution in [0.5, 0.6) is 0 Å². The molecule has 0 aliphatic heterocycles. The summed E-state index contributed by atoms with van der Waals surface area (Å²) in [6.07, 6.45) is 1.73. The third-order valence-corrected chi connectivity index (χ3v) is 4.76. The van der Waals surface area contributed by atoms with Crippen LogP contribution in [0.3, 0.4) is 0 Å². The van der Waals surface area contributed by atoms with Crippen LogP contribution in [0.4, 0.5) is 0 Å². The van der Waals surface area contributed by atoms with E-state index in [-0.39, 0.29) is 11.5 Å². The number of benzene rings is 2. The molecule has 0 atom stereocenters. The number of nitrogens with zero attached hydrogens (tertiary/aromatic N) is 4. The van der Waals surface area contributed by atoms with Crippen molar-refractivity contribution in [1.82, 2.24) is 19.6 Å². The maximum atomic E-state index is 13.2. The SMILES string of the molecule is CC(C)c1nn(Cc2ccc(Cl)cc2)c(=O)c2c1cnn2-c1ccccc1. The maximum absolute atomic E-state index is 13.2. The van der Waals surface area contributed by atoms with E-state index in [9.17, 15) is 4.79 Å². The first-order valence-corrected chi connectivity index (χ1v) is 9.21. The van der Waals surface area contributed by atoms with Gasteiger partial charge in [0.15, 0.2) is 0 Å². The Morgan fingerprint density at radius 2 is 1.74 bits per heavy atom. The van der Waals surface area contributed by atoms with Crippen molar-refractivity contribution >= 4 is 22.5 Å². The Bertz CT molecular complexity index is 1140. The second-order valence-corrected chi connectivity index (χ2v) is 7.22. The summed E-state index contributed by atoms with van der Waals surface area (Å²) in [5.41, 5.74) is 3.07. The van der Waals surface area contributed by atoms with E-state index in [1.54, 1.807) is 10.9 Å². The highest BCUT2D eigenvalue weighted by Gasteiger charge is 2.18. The molecule has 0 unspecified atom stereocenters. The summed E-state index contributed by atoms with van der Waals surface area (Å²) in [6.45, 7) is 4.52. The fourth-order valence-corrected chi connectivity index (χ4v) is 3.28. The van der Waals surface area contributed by atoms with Crippen molar-refractivity contribution in [2.75, 3.05) is 0 Å². The second-order valence-electron chi connectivity index (χ2n) is 6.78. The second kappa shape index (κ2) is 7.00. The quantitative estimate of drug-likeness (QED) is 0.528. The number of fused-ring (bicyclic) bond motifs is 1. The Morgan fingerprint density at radius 3 is 2.41 bits per heavy atom. The van der Waals surface area contributed by atoms with Gasteiger partial charge in [-0.05, 0) is 35.7 Å². The topological polar surface area (TPSA) is 52.7 Å². The van der Waals surface area contributed by atoms with Crippen LogP contribution in [-0.4, -0.2) is 19.6 Å². The van der Waals surface area contributed by atoms with Crippen LogP contribution in [0.25, 0.3) is 16.6 Å². The molecular weight excluding hydrogens is 360 g/mol. The highest BCUT2D eigenvalue weighted by molar-refractivity contribution is 6.30. The van der Waals surface area contributed by atoms with Gasteiger partial charge < -0.3 is 0 Å². The van der Waals surface area contributed by atoms with E-state index < -0.39 is 0 Å². The molecule has 0 bridgehead atoms. The highest BCUT2D eigenvalue weighted by atomic mass is 35.5. The van der Waals surface area contributed by atoms with Crippen molar-refractivity contribution in [2.24, 2.45) is 0 Å². The minimum absolute atomic E-state index is 0.161. The largest absolute Gasteiger partial charge is 0.293 e. The standard InChI is InChI=1S/C21H19ClN4O/c1-14(2)19-18-12-23-26(17-6-4-3-5-7-17)20(18)21(27)25(24-19)13-15-8-10-16(22)11-9-15/h3-12,14H,13H2,1-2H3. The number of rotatable bonds is 4. The van der Waals surface area contributed by atoms with Gasteiger partial charge in [0.05, 0.1) is 24.1 Å². The van der Waals surface area contributed by atoms with E-state index in [4.69, 9.17) is 11.6 Å². The fraction of sp³-hybridized carbons (Fsp3) is 0.190. The van der Waals surface area contributed by atoms with Crippen molar-refractivity contribution in [2.45, 2.75) is 26.3 Å². The summed E-state index contributed by atoms with van der Waals surface area (Å²) < 4.78 is 3.21. The lowest BCUT2D eigenvalue weighted by Crippen LogP contribution is -2.27. The van der Waals surface area contributed by atoms with Gasteiger partial charge >= 0.3 is 0 Å². The summed E-state index contributed by atoms with van der Waals surface area (Å²) in [5.74, 6) is 0.165. The molecule has 4 aromatic rings. The van der Waals surface area contributed by atoms with Crippen LogP contribution in [0.15, 0.2) is 65.6 Å². The molecule has 0 radical (unpaired) electrons. The van der Waals surface area contributed by atoms with E-state index in [2.05, 4.69) is 24.0 Å². The van der Waals surface area contributed by atoms with Gasteiger partial charge in [-0.3, -0.25) is 4.79 Å². The van der Waals surface area contributed by atoms with Gasteiger partial charge in [0.25, 0.3) is 5.56 Å². The Balaban J connectivity index is 1.93. The molecule has 0 spiro atoms. The first-order chi connectivity index (χ1) is 13.0. The summed E-state index contributed by atoms with van der Waals surface area (Å²) >= 11 is 5.97. The van der Waals surface area contributed by atoms with Crippen LogP contribution in [0.2, 0.25) is 5.02 Å². The molecule has 0 aliphatic rings. The molecule has 2 heterocycles. The molecule has 2 aromatic carbocycles. The van der Waals surface area contributed by atoms with Crippen molar-refractivity contribution in [3.05, 3.63) is 87.4 Å². The summed E-state index contributed by atoms with van der Waals surface area (Å²) in [7, 11) is 0. The van der Waals surface area contributed by atoms with E-state index in [1.807, 2.05) is 54.6 Å². The fourth-order valence-electron chi connectivity index (χ4n) is 3.15. The molecular formula is C21H19ClN4O. The molecule has 6 heteroatoms. The number of hydrogen-bond donors (Lipinski definition) is 0. The van der Waals surface area contributed by atoms with Gasteiger partial charge in [-0.1, -0.05) is 55.8 Å². The van der Waals surface area contributed by atoms with Gasteiger partial charge in [-0.25, -0.2) is 9.36 Å². The molecule has 5 nitrogen and oxygen atoms in total. The molecule has 0 aliphatic carbocycles. The van der Waals surface area contributed by atoms with Crippen LogP contribution < -0.4 is 5.56 Å². The smallest absolute Gasteiger partial charge is 0.265 e.